The summed E-state index contributed by atoms with van der Waals surface area (Å²) in [5.41, 5.74) is 7.89. The summed E-state index contributed by atoms with van der Waals surface area (Å²) in [4.78, 5) is 26.4. The minimum atomic E-state index is -3.75. The van der Waals surface area contributed by atoms with Crippen molar-refractivity contribution in [3.63, 3.8) is 0 Å². The number of hydrogen-bond donors (Lipinski definition) is 1. The van der Waals surface area contributed by atoms with Crippen molar-refractivity contribution in [2.45, 2.75) is 43.2 Å². The smallest absolute Gasteiger partial charge is 0.254 e. The highest BCUT2D eigenvalue weighted by Crippen LogP contribution is 2.26. The number of likely N-dealkylation sites (tertiary alicyclic amines) is 1. The summed E-state index contributed by atoms with van der Waals surface area (Å²) in [6.45, 7) is 1.15. The number of rotatable bonds is 4. The van der Waals surface area contributed by atoms with Gasteiger partial charge in [-0.15, -0.1) is 0 Å². The first kappa shape index (κ1) is 20.6. The fourth-order valence-electron chi connectivity index (χ4n) is 4.25. The summed E-state index contributed by atoms with van der Waals surface area (Å²) in [5.74, 6) is -0.890. The van der Waals surface area contributed by atoms with E-state index in [-0.39, 0.29) is 16.4 Å². The number of sulfonamides is 1. The van der Waals surface area contributed by atoms with E-state index in [0.717, 1.165) is 24.0 Å². The van der Waals surface area contributed by atoms with Gasteiger partial charge in [-0.1, -0.05) is 30.3 Å². The van der Waals surface area contributed by atoms with E-state index >= 15 is 0 Å². The molecule has 0 bridgehead atoms. The molecule has 2 heterocycles. The Kier molecular flexibility index (Phi) is 5.62. The number of carbonyl (C=O) groups excluding carboxylic acids is 2. The van der Waals surface area contributed by atoms with Crippen LogP contribution in [0.25, 0.3) is 0 Å². The predicted molar refractivity (Wildman–Crippen MR) is 112 cm³/mol. The Hall–Kier alpha value is -2.71. The van der Waals surface area contributed by atoms with Gasteiger partial charge in [-0.3, -0.25) is 9.59 Å². The van der Waals surface area contributed by atoms with Gasteiger partial charge in [-0.25, -0.2) is 8.42 Å². The van der Waals surface area contributed by atoms with E-state index in [9.17, 15) is 18.0 Å². The normalized spacial score (nSPS) is 19.9. The zero-order chi connectivity index (χ0) is 21.3. The number of hydrogen-bond acceptors (Lipinski definition) is 4. The molecule has 2 N–H and O–H groups in total. The van der Waals surface area contributed by atoms with Crippen LogP contribution in [0.15, 0.2) is 53.4 Å². The summed E-state index contributed by atoms with van der Waals surface area (Å²) in [6, 6.07) is 13.2. The summed E-state index contributed by atoms with van der Waals surface area (Å²) < 4.78 is 27.9. The van der Waals surface area contributed by atoms with Crippen LogP contribution in [0.5, 0.6) is 0 Å². The Bertz CT molecular complexity index is 1080. The molecular weight excluding hydrogens is 402 g/mol. The van der Waals surface area contributed by atoms with Crippen LogP contribution < -0.4 is 5.73 Å². The van der Waals surface area contributed by atoms with Crippen molar-refractivity contribution in [2.75, 3.05) is 13.1 Å². The van der Waals surface area contributed by atoms with Crippen molar-refractivity contribution >= 4 is 21.8 Å². The topological polar surface area (TPSA) is 101 Å². The SMILES string of the molecule is NC(=O)C1CCCCN1C(=O)c1cccc(S(=O)(=O)N2CCc3ccccc3C2)c1. The monoisotopic (exact) mass is 427 g/mol. The lowest BCUT2D eigenvalue weighted by atomic mass is 10.0. The lowest BCUT2D eigenvalue weighted by Gasteiger charge is -2.33. The van der Waals surface area contributed by atoms with Gasteiger partial charge in [-0.05, 0) is 55.0 Å². The number of amides is 2. The fourth-order valence-corrected chi connectivity index (χ4v) is 5.72. The highest BCUT2D eigenvalue weighted by molar-refractivity contribution is 7.89. The van der Waals surface area contributed by atoms with Gasteiger partial charge in [0.1, 0.15) is 6.04 Å². The van der Waals surface area contributed by atoms with Crippen LogP contribution in [0.3, 0.4) is 0 Å². The van der Waals surface area contributed by atoms with Crippen LogP contribution >= 0.6 is 0 Å². The molecule has 30 heavy (non-hydrogen) atoms. The van der Waals surface area contributed by atoms with Crippen LogP contribution in [-0.2, 0) is 27.8 Å². The second kappa shape index (κ2) is 8.20. The maximum absolute atomic E-state index is 13.2. The molecule has 8 heteroatoms. The van der Waals surface area contributed by atoms with Gasteiger partial charge in [0.2, 0.25) is 15.9 Å². The first-order chi connectivity index (χ1) is 14.4. The number of fused-ring (bicyclic) bond motifs is 1. The molecule has 1 unspecified atom stereocenters. The van der Waals surface area contributed by atoms with Crippen molar-refractivity contribution in [1.29, 1.82) is 0 Å². The van der Waals surface area contributed by atoms with Crippen LogP contribution in [0, 0.1) is 0 Å². The predicted octanol–water partition coefficient (Wildman–Crippen LogP) is 1.91. The third-order valence-electron chi connectivity index (χ3n) is 5.91. The minimum Gasteiger partial charge on any atom is -0.368 e. The molecule has 0 aliphatic carbocycles. The largest absolute Gasteiger partial charge is 0.368 e. The third kappa shape index (κ3) is 3.85. The lowest BCUT2D eigenvalue weighted by Crippen LogP contribution is -2.50. The molecule has 2 aromatic carbocycles. The third-order valence-corrected chi connectivity index (χ3v) is 7.75. The average Bonchev–Trinajstić information content (AvgIpc) is 2.78. The molecular formula is C22H25N3O4S. The standard InChI is InChI=1S/C22H25N3O4S/c23-21(26)20-10-3-4-12-25(20)22(27)17-8-5-9-19(14-17)30(28,29)24-13-11-16-6-1-2-7-18(16)15-24/h1-2,5-9,14,20H,3-4,10-13,15H2,(H2,23,26). The van der Waals surface area contributed by atoms with Crippen molar-refractivity contribution in [3.8, 4) is 0 Å². The number of benzene rings is 2. The Morgan fingerprint density at radius 1 is 0.967 bits per heavy atom. The fraction of sp³-hybridized carbons (Fsp3) is 0.364. The molecule has 1 saturated heterocycles. The second-order valence-corrected chi connectivity index (χ2v) is 9.74. The highest BCUT2D eigenvalue weighted by Gasteiger charge is 2.33. The van der Waals surface area contributed by atoms with Crippen LogP contribution in [0.1, 0.15) is 40.7 Å². The maximum atomic E-state index is 13.2. The lowest BCUT2D eigenvalue weighted by molar-refractivity contribution is -0.123. The van der Waals surface area contributed by atoms with Gasteiger partial charge in [0, 0.05) is 25.2 Å². The Morgan fingerprint density at radius 2 is 1.73 bits per heavy atom. The van der Waals surface area contributed by atoms with E-state index in [4.69, 9.17) is 5.73 Å². The summed E-state index contributed by atoms with van der Waals surface area (Å²) in [6.07, 6.45) is 2.82. The molecule has 0 spiro atoms. The summed E-state index contributed by atoms with van der Waals surface area (Å²) in [7, 11) is -3.75. The van der Waals surface area contributed by atoms with Gasteiger partial charge in [0.25, 0.3) is 5.91 Å². The number of nitrogens with two attached hydrogens (primary N) is 1. The van der Waals surface area contributed by atoms with E-state index in [0.29, 0.717) is 32.5 Å². The maximum Gasteiger partial charge on any atom is 0.254 e. The molecule has 4 rings (SSSR count). The van der Waals surface area contributed by atoms with Gasteiger partial charge in [-0.2, -0.15) is 4.31 Å². The first-order valence-corrected chi connectivity index (χ1v) is 11.6. The minimum absolute atomic E-state index is 0.0837. The average molecular weight is 428 g/mol. The molecule has 2 aromatic rings. The molecule has 1 fully saturated rings. The van der Waals surface area contributed by atoms with Crippen molar-refractivity contribution in [3.05, 3.63) is 65.2 Å². The molecule has 2 aliphatic heterocycles. The summed E-state index contributed by atoms with van der Waals surface area (Å²) in [5, 5.41) is 0. The number of carbonyl (C=O) groups is 2. The van der Waals surface area contributed by atoms with Gasteiger partial charge in [0.15, 0.2) is 0 Å². The van der Waals surface area contributed by atoms with Crippen LogP contribution in [0.4, 0.5) is 0 Å². The van der Waals surface area contributed by atoms with Gasteiger partial charge < -0.3 is 10.6 Å². The molecule has 0 radical (unpaired) electrons. The van der Waals surface area contributed by atoms with Crippen LogP contribution in [0.2, 0.25) is 0 Å². The summed E-state index contributed by atoms with van der Waals surface area (Å²) >= 11 is 0. The van der Waals surface area contributed by atoms with Gasteiger partial charge >= 0.3 is 0 Å². The molecule has 7 nitrogen and oxygen atoms in total. The molecule has 158 valence electrons. The highest BCUT2D eigenvalue weighted by atomic mass is 32.2. The molecule has 0 aromatic heterocycles. The number of nitrogens with zero attached hydrogens (tertiary/aromatic N) is 2. The molecule has 2 amide bonds. The van der Waals surface area contributed by atoms with Crippen LogP contribution in [-0.4, -0.2) is 48.6 Å². The second-order valence-electron chi connectivity index (χ2n) is 7.80. The quantitative estimate of drug-likeness (QED) is 0.805. The Morgan fingerprint density at radius 3 is 2.50 bits per heavy atom. The van der Waals surface area contributed by atoms with Crippen molar-refractivity contribution in [1.82, 2.24) is 9.21 Å². The number of primary amides is 1. The molecule has 1 atom stereocenters. The van der Waals surface area contributed by atoms with E-state index in [1.807, 2.05) is 24.3 Å². The molecule has 2 aliphatic rings. The van der Waals surface area contributed by atoms with Crippen molar-refractivity contribution < 1.29 is 18.0 Å². The zero-order valence-corrected chi connectivity index (χ0v) is 17.5. The van der Waals surface area contributed by atoms with Gasteiger partial charge in [0.05, 0.1) is 4.90 Å². The van der Waals surface area contributed by atoms with Crippen molar-refractivity contribution in [2.24, 2.45) is 5.73 Å². The van der Waals surface area contributed by atoms with E-state index in [1.54, 1.807) is 12.1 Å². The van der Waals surface area contributed by atoms with E-state index in [1.165, 1.54) is 21.3 Å². The first-order valence-electron chi connectivity index (χ1n) is 10.2. The van der Waals surface area contributed by atoms with E-state index < -0.39 is 22.0 Å². The molecule has 0 saturated carbocycles. The Labute approximate surface area is 176 Å². The number of piperidine rings is 1. The van der Waals surface area contributed by atoms with E-state index in [2.05, 4.69) is 0 Å². The Balaban J connectivity index is 1.60. The zero-order valence-electron chi connectivity index (χ0n) is 16.7.